The fourth-order valence-electron chi connectivity index (χ4n) is 2.82. The topological polar surface area (TPSA) is 84.9 Å². The molecule has 2 aromatic carbocycles. The van der Waals surface area contributed by atoms with Crippen molar-refractivity contribution in [1.82, 2.24) is 0 Å². The third kappa shape index (κ3) is 3.71. The number of amides is 1. The second-order valence-corrected chi connectivity index (χ2v) is 8.68. The van der Waals surface area contributed by atoms with Crippen molar-refractivity contribution in [1.29, 1.82) is 0 Å². The summed E-state index contributed by atoms with van der Waals surface area (Å²) in [6, 6.07) is 10.9. The molecule has 1 N–H and O–H groups in total. The van der Waals surface area contributed by atoms with Crippen molar-refractivity contribution < 1.29 is 22.7 Å². The first-order valence-corrected chi connectivity index (χ1v) is 9.84. The smallest absolute Gasteiger partial charge is 0.261 e. The molecule has 1 aliphatic heterocycles. The molecule has 0 saturated heterocycles. The SMILES string of the molecule is COc1ccc(S(=O)(=O)Nc2ccc3c(c2)N(C)C(=O)C(C)(C)CO3)cc1. The average Bonchev–Trinajstić information content (AvgIpc) is 2.72. The normalized spacial score (nSPS) is 16.1. The van der Waals surface area contributed by atoms with E-state index in [0.29, 0.717) is 22.9 Å². The zero-order chi connectivity index (χ0) is 19.8. The Labute approximate surface area is 158 Å². The maximum absolute atomic E-state index is 12.6. The average molecular weight is 390 g/mol. The fraction of sp³-hybridized carbons (Fsp3) is 0.316. The third-order valence-corrected chi connectivity index (χ3v) is 5.81. The van der Waals surface area contributed by atoms with Crippen molar-refractivity contribution in [3.8, 4) is 11.5 Å². The predicted molar refractivity (Wildman–Crippen MR) is 103 cm³/mol. The van der Waals surface area contributed by atoms with Crippen LogP contribution in [0.25, 0.3) is 0 Å². The van der Waals surface area contributed by atoms with Crippen LogP contribution in [0.5, 0.6) is 11.5 Å². The Bertz CT molecular complexity index is 968. The van der Waals surface area contributed by atoms with Crippen molar-refractivity contribution in [2.45, 2.75) is 18.7 Å². The van der Waals surface area contributed by atoms with Crippen LogP contribution in [-0.4, -0.2) is 35.1 Å². The van der Waals surface area contributed by atoms with Crippen LogP contribution in [0.15, 0.2) is 47.4 Å². The molecule has 27 heavy (non-hydrogen) atoms. The molecule has 0 spiro atoms. The molecule has 2 aromatic rings. The molecule has 0 unspecified atom stereocenters. The number of hydrogen-bond acceptors (Lipinski definition) is 5. The number of anilines is 2. The van der Waals surface area contributed by atoms with E-state index >= 15 is 0 Å². The van der Waals surface area contributed by atoms with Crippen molar-refractivity contribution in [3.05, 3.63) is 42.5 Å². The molecule has 7 nitrogen and oxygen atoms in total. The minimum Gasteiger partial charge on any atom is -0.497 e. The van der Waals surface area contributed by atoms with Crippen molar-refractivity contribution in [2.24, 2.45) is 5.41 Å². The molecular weight excluding hydrogens is 368 g/mol. The molecule has 0 bridgehead atoms. The standard InChI is InChI=1S/C19H22N2O5S/c1-19(2)12-26-17-10-5-13(11-16(17)21(3)18(19)22)20-27(23,24)15-8-6-14(25-4)7-9-15/h5-11,20H,12H2,1-4H3. The van der Waals surface area contributed by atoms with E-state index in [1.54, 1.807) is 37.4 Å². The summed E-state index contributed by atoms with van der Waals surface area (Å²) >= 11 is 0. The first-order valence-electron chi connectivity index (χ1n) is 8.36. The number of hydrogen-bond donors (Lipinski definition) is 1. The Morgan fingerprint density at radius 3 is 2.44 bits per heavy atom. The highest BCUT2D eigenvalue weighted by atomic mass is 32.2. The van der Waals surface area contributed by atoms with Gasteiger partial charge in [0.05, 0.1) is 28.8 Å². The summed E-state index contributed by atoms with van der Waals surface area (Å²) < 4.78 is 38.6. The molecule has 0 fully saturated rings. The second-order valence-electron chi connectivity index (χ2n) is 7.00. The first-order chi connectivity index (χ1) is 12.6. The lowest BCUT2D eigenvalue weighted by Gasteiger charge is -2.24. The molecular formula is C19H22N2O5S. The van der Waals surface area contributed by atoms with Gasteiger partial charge in [-0.1, -0.05) is 0 Å². The van der Waals surface area contributed by atoms with Crippen LogP contribution in [0.4, 0.5) is 11.4 Å². The lowest BCUT2D eigenvalue weighted by Crippen LogP contribution is -2.39. The summed E-state index contributed by atoms with van der Waals surface area (Å²) in [6.45, 7) is 3.87. The summed E-state index contributed by atoms with van der Waals surface area (Å²) in [4.78, 5) is 14.2. The Kier molecular flexibility index (Phi) is 4.77. The lowest BCUT2D eigenvalue weighted by molar-refractivity contribution is -0.127. The number of carbonyl (C=O) groups excluding carboxylic acids is 1. The number of sulfonamides is 1. The van der Waals surface area contributed by atoms with Gasteiger partial charge in [-0.05, 0) is 56.3 Å². The Morgan fingerprint density at radius 1 is 1.15 bits per heavy atom. The minimum absolute atomic E-state index is 0.101. The van der Waals surface area contributed by atoms with Crippen molar-refractivity contribution in [2.75, 3.05) is 30.4 Å². The summed E-state index contributed by atoms with van der Waals surface area (Å²) in [6.07, 6.45) is 0. The number of nitrogens with zero attached hydrogens (tertiary/aromatic N) is 1. The van der Waals surface area contributed by atoms with E-state index in [9.17, 15) is 13.2 Å². The summed E-state index contributed by atoms with van der Waals surface area (Å²) in [5.74, 6) is 0.999. The molecule has 1 heterocycles. The van der Waals surface area contributed by atoms with E-state index < -0.39 is 15.4 Å². The molecule has 0 aliphatic carbocycles. The van der Waals surface area contributed by atoms with Crippen LogP contribution < -0.4 is 19.1 Å². The van der Waals surface area contributed by atoms with E-state index in [-0.39, 0.29) is 17.4 Å². The molecule has 0 saturated carbocycles. The minimum atomic E-state index is -3.78. The predicted octanol–water partition coefficient (Wildman–Crippen LogP) is 2.88. The quantitative estimate of drug-likeness (QED) is 0.868. The number of ether oxygens (including phenoxy) is 2. The Hall–Kier alpha value is -2.74. The van der Waals surface area contributed by atoms with Gasteiger partial charge >= 0.3 is 0 Å². The molecule has 0 radical (unpaired) electrons. The van der Waals surface area contributed by atoms with Gasteiger partial charge in [0.2, 0.25) is 5.91 Å². The molecule has 1 aliphatic rings. The van der Waals surface area contributed by atoms with Crippen LogP contribution in [0.2, 0.25) is 0 Å². The second kappa shape index (κ2) is 6.77. The number of fused-ring (bicyclic) bond motifs is 1. The summed E-state index contributed by atoms with van der Waals surface area (Å²) in [5, 5.41) is 0. The van der Waals surface area contributed by atoms with Crippen LogP contribution in [0, 0.1) is 5.41 Å². The maximum Gasteiger partial charge on any atom is 0.261 e. The van der Waals surface area contributed by atoms with Gasteiger partial charge in [0.25, 0.3) is 10.0 Å². The van der Waals surface area contributed by atoms with Crippen LogP contribution in [0.3, 0.4) is 0 Å². The van der Waals surface area contributed by atoms with Crippen LogP contribution in [-0.2, 0) is 14.8 Å². The summed E-state index contributed by atoms with van der Waals surface area (Å²) in [7, 11) is -0.613. The Morgan fingerprint density at radius 2 is 1.81 bits per heavy atom. The molecule has 1 amide bonds. The highest BCUT2D eigenvalue weighted by molar-refractivity contribution is 7.92. The molecule has 0 atom stereocenters. The van der Waals surface area contributed by atoms with Crippen LogP contribution >= 0.6 is 0 Å². The number of rotatable bonds is 4. The van der Waals surface area contributed by atoms with Gasteiger partial charge in [-0.15, -0.1) is 0 Å². The molecule has 0 aromatic heterocycles. The van der Waals surface area contributed by atoms with Gasteiger partial charge in [-0.2, -0.15) is 0 Å². The van der Waals surface area contributed by atoms with E-state index in [1.807, 2.05) is 13.8 Å². The monoisotopic (exact) mass is 390 g/mol. The highest BCUT2D eigenvalue weighted by Gasteiger charge is 2.36. The van der Waals surface area contributed by atoms with Crippen LogP contribution in [0.1, 0.15) is 13.8 Å². The van der Waals surface area contributed by atoms with Gasteiger partial charge in [0, 0.05) is 7.05 Å². The number of nitrogens with one attached hydrogen (secondary N) is 1. The van der Waals surface area contributed by atoms with E-state index in [0.717, 1.165) is 0 Å². The van der Waals surface area contributed by atoms with Gasteiger partial charge in [0.15, 0.2) is 0 Å². The zero-order valence-corrected chi connectivity index (χ0v) is 16.5. The van der Waals surface area contributed by atoms with Crippen molar-refractivity contribution in [3.63, 3.8) is 0 Å². The zero-order valence-electron chi connectivity index (χ0n) is 15.6. The van der Waals surface area contributed by atoms with E-state index in [2.05, 4.69) is 4.72 Å². The van der Waals surface area contributed by atoms with Gasteiger partial charge in [-0.3, -0.25) is 9.52 Å². The Balaban J connectivity index is 1.91. The summed E-state index contributed by atoms with van der Waals surface area (Å²) in [5.41, 5.74) is 0.185. The van der Waals surface area contributed by atoms with E-state index in [4.69, 9.17) is 9.47 Å². The molecule has 3 rings (SSSR count). The largest absolute Gasteiger partial charge is 0.497 e. The van der Waals surface area contributed by atoms with Gasteiger partial charge < -0.3 is 14.4 Å². The molecule has 8 heteroatoms. The highest BCUT2D eigenvalue weighted by Crippen LogP contribution is 2.37. The number of carbonyl (C=O) groups is 1. The first kappa shape index (κ1) is 19.0. The molecule has 144 valence electrons. The number of benzene rings is 2. The van der Waals surface area contributed by atoms with Gasteiger partial charge in [0.1, 0.15) is 18.1 Å². The van der Waals surface area contributed by atoms with Crippen molar-refractivity contribution >= 4 is 27.3 Å². The van der Waals surface area contributed by atoms with Gasteiger partial charge in [-0.25, -0.2) is 8.42 Å². The number of methoxy groups -OCH3 is 1. The lowest BCUT2D eigenvalue weighted by atomic mass is 9.93. The maximum atomic E-state index is 12.6. The van der Waals surface area contributed by atoms with E-state index in [1.165, 1.54) is 24.1 Å². The fourth-order valence-corrected chi connectivity index (χ4v) is 3.87. The third-order valence-electron chi connectivity index (χ3n) is 4.41.